The molecule has 0 radical (unpaired) electrons. The van der Waals surface area contributed by atoms with Crippen LogP contribution in [-0.2, 0) is 20.9 Å². The number of hydroxylamine groups is 1. The normalized spacial score (nSPS) is 18.4. The summed E-state index contributed by atoms with van der Waals surface area (Å²) in [6.45, 7) is 6.17. The summed E-state index contributed by atoms with van der Waals surface area (Å²) >= 11 is 0. The molecule has 0 N–H and O–H groups in total. The molecule has 0 unspecified atom stereocenters. The zero-order chi connectivity index (χ0) is 45.9. The number of anilines is 1. The maximum absolute atomic E-state index is 14.6. The fraction of sp³-hybridized carbons (Fsp3) is 0.339. The summed E-state index contributed by atoms with van der Waals surface area (Å²) in [7, 11) is 1.35. The largest absolute Gasteiger partial charge is 0.467 e. The lowest BCUT2D eigenvalue weighted by molar-refractivity contribution is -0.163. The highest BCUT2D eigenvalue weighted by Gasteiger charge is 2.50. The predicted octanol–water partition coefficient (Wildman–Crippen LogP) is 12.3. The molecule has 4 amide bonds. The van der Waals surface area contributed by atoms with Crippen molar-refractivity contribution in [2.75, 3.05) is 12.2 Å². The van der Waals surface area contributed by atoms with Crippen molar-refractivity contribution in [1.29, 1.82) is 0 Å². The van der Waals surface area contributed by atoms with E-state index in [1.54, 1.807) is 16.9 Å². The lowest BCUT2D eigenvalue weighted by atomic mass is 9.82. The molecule has 3 aliphatic rings. The van der Waals surface area contributed by atoms with Crippen LogP contribution in [0.4, 0.5) is 5.69 Å². The van der Waals surface area contributed by atoms with Gasteiger partial charge in [-0.05, 0) is 99.6 Å². The van der Waals surface area contributed by atoms with E-state index in [-0.39, 0.29) is 42.3 Å². The van der Waals surface area contributed by atoms with Crippen LogP contribution >= 0.6 is 0 Å². The third-order valence-electron chi connectivity index (χ3n) is 14.4. The SMILES string of the molecule is CCCCCCC(CCCCCC)N1C(=O)c2ccc3c4ccc5c6c(ccc(c7ccc(c2c37)C1=O)c64)C(=O)N(Cc1ccc([C@@H]2C[C@@](C)(C(=O)OC)ON2c2ccccc2)cc1)C5=O. The highest BCUT2D eigenvalue weighted by molar-refractivity contribution is 6.41. The molecule has 7 aromatic rings. The first-order chi connectivity index (χ1) is 32.1. The average molecular weight is 882 g/mol. The molecular formula is C56H55N3O7. The number of ether oxygens (including phenoxy) is 1. The Morgan fingerprint density at radius 3 is 1.58 bits per heavy atom. The number of carbonyl (C=O) groups is 5. The molecule has 0 aliphatic carbocycles. The number of benzene rings is 7. The van der Waals surface area contributed by atoms with Gasteiger partial charge in [0.15, 0.2) is 5.60 Å². The van der Waals surface area contributed by atoms with Gasteiger partial charge in [0.25, 0.3) is 23.6 Å². The van der Waals surface area contributed by atoms with E-state index in [0.29, 0.717) is 39.4 Å². The van der Waals surface area contributed by atoms with E-state index in [1.807, 2.05) is 103 Å². The summed E-state index contributed by atoms with van der Waals surface area (Å²) in [5, 5.41) is 8.20. The molecule has 2 atom stereocenters. The van der Waals surface area contributed by atoms with Crippen molar-refractivity contribution in [2.24, 2.45) is 0 Å². The van der Waals surface area contributed by atoms with Crippen molar-refractivity contribution in [3.63, 3.8) is 0 Å². The van der Waals surface area contributed by atoms with Gasteiger partial charge in [-0.1, -0.05) is 132 Å². The monoisotopic (exact) mass is 881 g/mol. The molecule has 3 heterocycles. The fourth-order valence-electron chi connectivity index (χ4n) is 11.0. The van der Waals surface area contributed by atoms with Crippen molar-refractivity contribution < 1.29 is 33.5 Å². The Morgan fingerprint density at radius 1 is 0.621 bits per heavy atom. The molecule has 336 valence electrons. The number of para-hydroxylation sites is 1. The van der Waals surface area contributed by atoms with Crippen molar-refractivity contribution in [2.45, 2.75) is 116 Å². The van der Waals surface area contributed by atoms with E-state index in [1.165, 1.54) is 12.0 Å². The fourth-order valence-corrected chi connectivity index (χ4v) is 11.0. The molecule has 10 rings (SSSR count). The Bertz CT molecular complexity index is 2940. The molecule has 10 nitrogen and oxygen atoms in total. The van der Waals surface area contributed by atoms with E-state index in [9.17, 15) is 24.0 Å². The van der Waals surface area contributed by atoms with Gasteiger partial charge in [-0.3, -0.25) is 33.8 Å². The van der Waals surface area contributed by atoms with E-state index in [2.05, 4.69) is 13.8 Å². The zero-order valence-corrected chi connectivity index (χ0v) is 38.2. The minimum atomic E-state index is -1.19. The molecule has 1 saturated heterocycles. The minimum absolute atomic E-state index is 0.0664. The molecule has 10 heteroatoms. The van der Waals surface area contributed by atoms with E-state index < -0.39 is 11.6 Å². The van der Waals surface area contributed by atoms with Gasteiger partial charge in [0.1, 0.15) is 0 Å². The Balaban J connectivity index is 0.967. The van der Waals surface area contributed by atoms with Crippen molar-refractivity contribution in [1.82, 2.24) is 9.80 Å². The number of fused-ring (bicyclic) bond motifs is 2. The maximum atomic E-state index is 14.6. The predicted molar refractivity (Wildman–Crippen MR) is 258 cm³/mol. The number of rotatable bonds is 16. The molecule has 3 aliphatic heterocycles. The first kappa shape index (κ1) is 43.3. The summed E-state index contributed by atoms with van der Waals surface area (Å²) in [6.07, 6.45) is 10.6. The second-order valence-electron chi connectivity index (χ2n) is 18.6. The molecular weight excluding hydrogens is 827 g/mol. The van der Waals surface area contributed by atoms with Crippen LogP contribution in [0.3, 0.4) is 0 Å². The summed E-state index contributed by atoms with van der Waals surface area (Å²) in [5.41, 5.74) is 3.28. The van der Waals surface area contributed by atoms with Gasteiger partial charge in [-0.25, -0.2) is 9.86 Å². The molecule has 66 heavy (non-hydrogen) atoms. The van der Waals surface area contributed by atoms with Crippen LogP contribution in [0.2, 0.25) is 0 Å². The number of amides is 4. The van der Waals surface area contributed by atoms with Gasteiger partial charge in [0.05, 0.1) is 25.4 Å². The van der Waals surface area contributed by atoms with Gasteiger partial charge in [-0.2, -0.15) is 0 Å². The van der Waals surface area contributed by atoms with E-state index in [4.69, 9.17) is 9.57 Å². The molecule has 7 aromatic carbocycles. The van der Waals surface area contributed by atoms with Crippen LogP contribution in [0.15, 0.2) is 103 Å². The highest BCUT2D eigenvalue weighted by Crippen LogP contribution is 2.48. The van der Waals surface area contributed by atoms with Gasteiger partial charge in [-0.15, -0.1) is 0 Å². The highest BCUT2D eigenvalue weighted by atomic mass is 16.7. The summed E-state index contributed by atoms with van der Waals surface area (Å²) in [6, 6.07) is 32.1. The van der Waals surface area contributed by atoms with Crippen LogP contribution in [0.5, 0.6) is 0 Å². The van der Waals surface area contributed by atoms with Crippen molar-refractivity contribution >= 4 is 78.4 Å². The first-order valence-corrected chi connectivity index (χ1v) is 23.7. The molecule has 0 saturated carbocycles. The topological polar surface area (TPSA) is 114 Å². The van der Waals surface area contributed by atoms with Crippen LogP contribution in [0, 0.1) is 0 Å². The minimum Gasteiger partial charge on any atom is -0.467 e. The number of imide groups is 2. The second-order valence-corrected chi connectivity index (χ2v) is 18.6. The average Bonchev–Trinajstić information content (AvgIpc) is 3.71. The quantitative estimate of drug-likeness (QED) is 0.0310. The van der Waals surface area contributed by atoms with Gasteiger partial charge in [0.2, 0.25) is 0 Å². The van der Waals surface area contributed by atoms with E-state index in [0.717, 1.165) is 113 Å². The molecule has 1 fully saturated rings. The lowest BCUT2D eigenvalue weighted by Gasteiger charge is -2.35. The third kappa shape index (κ3) is 6.99. The van der Waals surface area contributed by atoms with Gasteiger partial charge < -0.3 is 4.74 Å². The van der Waals surface area contributed by atoms with Gasteiger partial charge >= 0.3 is 5.97 Å². The number of carbonyl (C=O) groups excluding carboxylic acids is 5. The molecule has 0 aromatic heterocycles. The third-order valence-corrected chi connectivity index (χ3v) is 14.4. The van der Waals surface area contributed by atoms with Crippen LogP contribution in [-0.4, -0.2) is 58.2 Å². The lowest BCUT2D eigenvalue weighted by Crippen LogP contribution is -2.47. The summed E-state index contributed by atoms with van der Waals surface area (Å²) in [4.78, 5) is 80.1. The Morgan fingerprint density at radius 2 is 1.11 bits per heavy atom. The Kier molecular flexibility index (Phi) is 11.3. The van der Waals surface area contributed by atoms with Crippen LogP contribution in [0.25, 0.3) is 43.1 Å². The maximum Gasteiger partial charge on any atom is 0.340 e. The zero-order valence-electron chi connectivity index (χ0n) is 38.2. The smallest absolute Gasteiger partial charge is 0.340 e. The van der Waals surface area contributed by atoms with Crippen LogP contribution in [0.1, 0.15) is 150 Å². The number of nitrogens with zero attached hydrogens (tertiary/aromatic N) is 3. The number of esters is 1. The van der Waals surface area contributed by atoms with Crippen molar-refractivity contribution in [3.8, 4) is 0 Å². The summed E-state index contributed by atoms with van der Waals surface area (Å²) in [5.74, 6) is -1.66. The standard InChI is InChI=1S/C56H55N3O7/c1-5-7-9-12-16-36(17-13-10-8-6-2)58-53(62)44-30-26-40-38-24-28-42-49-43(29-25-39(47(38)49)41-27-31-45(54(58)63)50(44)48(40)41)52(61)57(51(42)60)33-34-20-22-35(23-21-34)46-32-56(3,55(64)65-4)66-59(46)37-18-14-11-15-19-37/h11,14-15,18-31,36,46H,5-10,12-13,16-17,32-33H2,1-4H3/t46-,56-/m0/s1. The number of methoxy groups -OCH3 is 1. The number of hydrogen-bond acceptors (Lipinski definition) is 8. The van der Waals surface area contributed by atoms with Crippen LogP contribution < -0.4 is 5.06 Å². The van der Waals surface area contributed by atoms with Gasteiger partial charge in [0, 0.05) is 45.5 Å². The number of unbranched alkanes of at least 4 members (excludes halogenated alkanes) is 6. The molecule has 0 bridgehead atoms. The Hall–Kier alpha value is -6.65. The summed E-state index contributed by atoms with van der Waals surface area (Å²) < 4.78 is 5.10. The van der Waals surface area contributed by atoms with Crippen molar-refractivity contribution in [3.05, 3.63) is 137 Å². The van der Waals surface area contributed by atoms with E-state index >= 15 is 0 Å². The first-order valence-electron chi connectivity index (χ1n) is 23.7. The Labute approximate surface area is 384 Å². The molecule has 0 spiro atoms. The second kappa shape index (κ2) is 17.3. The number of hydrogen-bond donors (Lipinski definition) is 0.